The minimum atomic E-state index is -0.396. The molecule has 0 spiro atoms. The van der Waals surface area contributed by atoms with Gasteiger partial charge in [0.05, 0.1) is 12.1 Å². The molecule has 7 nitrogen and oxygen atoms in total. The number of carbonyl (C=O) groups excluding carboxylic acids is 1. The Labute approximate surface area is 131 Å². The molecule has 22 heavy (non-hydrogen) atoms. The number of piperazine rings is 1. The Kier molecular flexibility index (Phi) is 5.52. The van der Waals surface area contributed by atoms with Crippen molar-refractivity contribution >= 4 is 5.91 Å². The number of aromatic nitrogens is 2. The van der Waals surface area contributed by atoms with Crippen LogP contribution in [-0.4, -0.2) is 58.1 Å². The standard InChI is InChI=1S/C15H27N5O2/c1-5-10(2)13(16)15(21)20-8-6-19(7-9-20)11(3)14-17-12(4)18-22-14/h10-11,13H,5-9,16H2,1-4H3. The summed E-state index contributed by atoms with van der Waals surface area (Å²) in [6, 6.07) is -0.325. The molecule has 0 radical (unpaired) electrons. The number of hydrogen-bond donors (Lipinski definition) is 1. The summed E-state index contributed by atoms with van der Waals surface area (Å²) in [6.07, 6.45) is 0.917. The predicted molar refractivity (Wildman–Crippen MR) is 83.0 cm³/mol. The van der Waals surface area contributed by atoms with Crippen LogP contribution in [0.5, 0.6) is 0 Å². The molecular weight excluding hydrogens is 282 g/mol. The number of carbonyl (C=O) groups is 1. The van der Waals surface area contributed by atoms with Crippen LogP contribution in [-0.2, 0) is 4.79 Å². The van der Waals surface area contributed by atoms with E-state index in [1.165, 1.54) is 0 Å². The van der Waals surface area contributed by atoms with Crippen molar-refractivity contribution in [3.63, 3.8) is 0 Å². The molecule has 3 atom stereocenters. The number of hydrogen-bond acceptors (Lipinski definition) is 6. The summed E-state index contributed by atoms with van der Waals surface area (Å²) in [5.41, 5.74) is 6.05. The van der Waals surface area contributed by atoms with Crippen LogP contribution in [0.2, 0.25) is 0 Å². The molecule has 1 fully saturated rings. The van der Waals surface area contributed by atoms with Gasteiger partial charge in [-0.05, 0) is 19.8 Å². The van der Waals surface area contributed by atoms with Gasteiger partial charge in [-0.1, -0.05) is 25.4 Å². The lowest BCUT2D eigenvalue weighted by Gasteiger charge is -2.38. The third-order valence-electron chi connectivity index (χ3n) is 4.62. The molecule has 7 heteroatoms. The van der Waals surface area contributed by atoms with Crippen molar-refractivity contribution in [2.45, 2.75) is 46.2 Å². The first-order chi connectivity index (χ1) is 10.4. The van der Waals surface area contributed by atoms with Crippen LogP contribution in [0.1, 0.15) is 44.9 Å². The molecule has 3 unspecified atom stereocenters. The largest absolute Gasteiger partial charge is 0.339 e. The number of amides is 1. The van der Waals surface area contributed by atoms with E-state index in [-0.39, 0.29) is 17.9 Å². The predicted octanol–water partition coefficient (Wildman–Crippen LogP) is 0.957. The lowest BCUT2D eigenvalue weighted by molar-refractivity contribution is -0.135. The van der Waals surface area contributed by atoms with Crippen LogP contribution in [0.3, 0.4) is 0 Å². The Morgan fingerprint density at radius 3 is 2.45 bits per heavy atom. The zero-order valence-electron chi connectivity index (χ0n) is 14.0. The average molecular weight is 309 g/mol. The second-order valence-electron chi connectivity index (χ2n) is 6.13. The van der Waals surface area contributed by atoms with Crippen molar-refractivity contribution in [2.75, 3.05) is 26.2 Å². The first kappa shape index (κ1) is 16.9. The zero-order valence-corrected chi connectivity index (χ0v) is 14.0. The Bertz CT molecular complexity index is 496. The third kappa shape index (κ3) is 3.64. The molecule has 2 rings (SSSR count). The minimum absolute atomic E-state index is 0.0651. The second kappa shape index (κ2) is 7.19. The highest BCUT2D eigenvalue weighted by molar-refractivity contribution is 5.82. The van der Waals surface area contributed by atoms with Crippen LogP contribution < -0.4 is 5.73 Å². The number of nitrogens with zero attached hydrogens (tertiary/aromatic N) is 4. The van der Waals surface area contributed by atoms with Crippen LogP contribution >= 0.6 is 0 Å². The van der Waals surface area contributed by atoms with E-state index in [2.05, 4.69) is 28.9 Å². The van der Waals surface area contributed by atoms with E-state index in [9.17, 15) is 4.79 Å². The second-order valence-corrected chi connectivity index (χ2v) is 6.13. The topological polar surface area (TPSA) is 88.5 Å². The first-order valence-corrected chi connectivity index (χ1v) is 8.02. The molecule has 1 aromatic rings. The summed E-state index contributed by atoms with van der Waals surface area (Å²) in [4.78, 5) is 20.8. The van der Waals surface area contributed by atoms with Crippen molar-refractivity contribution < 1.29 is 9.32 Å². The SMILES string of the molecule is CCC(C)C(N)C(=O)N1CCN(C(C)c2nc(C)no2)CC1. The van der Waals surface area contributed by atoms with Gasteiger partial charge in [-0.15, -0.1) is 0 Å². The Hall–Kier alpha value is -1.47. The van der Waals surface area contributed by atoms with E-state index in [1.54, 1.807) is 0 Å². The van der Waals surface area contributed by atoms with Gasteiger partial charge in [0.25, 0.3) is 0 Å². The fourth-order valence-corrected chi connectivity index (χ4v) is 2.68. The molecule has 1 amide bonds. The highest BCUT2D eigenvalue weighted by Gasteiger charge is 2.30. The van der Waals surface area contributed by atoms with E-state index < -0.39 is 6.04 Å². The molecule has 2 heterocycles. The van der Waals surface area contributed by atoms with Crippen LogP contribution in [0.4, 0.5) is 0 Å². The smallest absolute Gasteiger partial charge is 0.243 e. The monoisotopic (exact) mass is 309 g/mol. The molecule has 124 valence electrons. The maximum absolute atomic E-state index is 12.4. The summed E-state index contributed by atoms with van der Waals surface area (Å²) in [5, 5.41) is 3.83. The molecular formula is C15H27N5O2. The van der Waals surface area contributed by atoms with Crippen LogP contribution in [0.25, 0.3) is 0 Å². The molecule has 0 aromatic carbocycles. The fraction of sp³-hybridized carbons (Fsp3) is 0.800. The van der Waals surface area contributed by atoms with Gasteiger partial charge < -0.3 is 15.2 Å². The van der Waals surface area contributed by atoms with Gasteiger partial charge in [-0.3, -0.25) is 9.69 Å². The summed E-state index contributed by atoms with van der Waals surface area (Å²) in [6.45, 7) is 10.9. The quantitative estimate of drug-likeness (QED) is 0.871. The Morgan fingerprint density at radius 2 is 1.95 bits per heavy atom. The first-order valence-electron chi connectivity index (χ1n) is 8.02. The average Bonchev–Trinajstić information content (AvgIpc) is 2.98. The summed E-state index contributed by atoms with van der Waals surface area (Å²) in [5.74, 6) is 1.56. The molecule has 1 aromatic heterocycles. The van der Waals surface area contributed by atoms with Gasteiger partial charge >= 0.3 is 0 Å². The molecule has 2 N–H and O–H groups in total. The summed E-state index contributed by atoms with van der Waals surface area (Å²) < 4.78 is 5.23. The van der Waals surface area contributed by atoms with Gasteiger partial charge in [-0.2, -0.15) is 4.98 Å². The van der Waals surface area contributed by atoms with E-state index in [1.807, 2.05) is 18.7 Å². The zero-order chi connectivity index (χ0) is 16.3. The number of aryl methyl sites for hydroxylation is 1. The van der Waals surface area contributed by atoms with Crippen molar-refractivity contribution in [1.82, 2.24) is 19.9 Å². The molecule has 0 aliphatic carbocycles. The molecule has 1 saturated heterocycles. The van der Waals surface area contributed by atoms with Gasteiger partial charge in [-0.25, -0.2) is 0 Å². The minimum Gasteiger partial charge on any atom is -0.339 e. The van der Waals surface area contributed by atoms with Crippen molar-refractivity contribution in [2.24, 2.45) is 11.7 Å². The lowest BCUT2D eigenvalue weighted by atomic mass is 9.98. The van der Waals surface area contributed by atoms with Gasteiger partial charge in [0, 0.05) is 26.2 Å². The molecule has 1 aliphatic heterocycles. The maximum Gasteiger partial charge on any atom is 0.243 e. The number of nitrogens with two attached hydrogens (primary N) is 1. The Morgan fingerprint density at radius 1 is 1.32 bits per heavy atom. The van der Waals surface area contributed by atoms with Gasteiger partial charge in [0.15, 0.2) is 5.82 Å². The third-order valence-corrected chi connectivity index (χ3v) is 4.62. The molecule has 0 saturated carbocycles. The van der Waals surface area contributed by atoms with Crippen LogP contribution in [0.15, 0.2) is 4.52 Å². The van der Waals surface area contributed by atoms with Crippen molar-refractivity contribution in [3.8, 4) is 0 Å². The van der Waals surface area contributed by atoms with E-state index in [0.717, 1.165) is 19.5 Å². The summed E-state index contributed by atoms with van der Waals surface area (Å²) in [7, 11) is 0. The molecule has 1 aliphatic rings. The van der Waals surface area contributed by atoms with E-state index in [0.29, 0.717) is 24.8 Å². The van der Waals surface area contributed by atoms with Crippen molar-refractivity contribution in [3.05, 3.63) is 11.7 Å². The highest BCUT2D eigenvalue weighted by atomic mass is 16.5. The fourth-order valence-electron chi connectivity index (χ4n) is 2.68. The Balaban J connectivity index is 1.89. The molecule has 0 bridgehead atoms. The summed E-state index contributed by atoms with van der Waals surface area (Å²) >= 11 is 0. The van der Waals surface area contributed by atoms with Crippen molar-refractivity contribution in [1.29, 1.82) is 0 Å². The van der Waals surface area contributed by atoms with E-state index in [4.69, 9.17) is 10.3 Å². The maximum atomic E-state index is 12.4. The van der Waals surface area contributed by atoms with Gasteiger partial charge in [0.2, 0.25) is 11.8 Å². The lowest BCUT2D eigenvalue weighted by Crippen LogP contribution is -2.54. The highest BCUT2D eigenvalue weighted by Crippen LogP contribution is 2.20. The van der Waals surface area contributed by atoms with Gasteiger partial charge in [0.1, 0.15) is 0 Å². The normalized spacial score (nSPS) is 20.7. The van der Waals surface area contributed by atoms with Crippen LogP contribution in [0, 0.1) is 12.8 Å². The number of rotatable bonds is 5. The van der Waals surface area contributed by atoms with E-state index >= 15 is 0 Å².